The SMILES string of the molecule is CC1COc2ccccc2N1C(=O)c1cnsn1. The summed E-state index contributed by atoms with van der Waals surface area (Å²) in [4.78, 5) is 14.1. The summed E-state index contributed by atoms with van der Waals surface area (Å²) in [6.45, 7) is 2.44. The maximum absolute atomic E-state index is 12.4. The molecule has 1 aromatic heterocycles. The smallest absolute Gasteiger partial charge is 0.280 e. The number of ether oxygens (including phenoxy) is 1. The molecule has 0 spiro atoms. The summed E-state index contributed by atoms with van der Waals surface area (Å²) in [6.07, 6.45) is 1.50. The Hall–Kier alpha value is -1.95. The summed E-state index contributed by atoms with van der Waals surface area (Å²) >= 11 is 1.04. The molecule has 0 radical (unpaired) electrons. The fourth-order valence-corrected chi connectivity index (χ4v) is 2.40. The van der Waals surface area contributed by atoms with Crippen molar-refractivity contribution >= 4 is 23.3 Å². The van der Waals surface area contributed by atoms with Crippen LogP contribution in [0.15, 0.2) is 30.5 Å². The number of nitrogens with zero attached hydrogens (tertiary/aromatic N) is 3. The van der Waals surface area contributed by atoms with E-state index in [2.05, 4.69) is 8.75 Å². The van der Waals surface area contributed by atoms with Crippen LogP contribution in [0.3, 0.4) is 0 Å². The van der Waals surface area contributed by atoms with Crippen molar-refractivity contribution in [3.8, 4) is 5.75 Å². The Bertz CT molecular complexity index is 570. The van der Waals surface area contributed by atoms with Gasteiger partial charge in [-0.1, -0.05) is 12.1 Å². The molecular formula is C12H11N3O2S. The third-order valence-corrected chi connectivity index (χ3v) is 3.32. The van der Waals surface area contributed by atoms with Crippen LogP contribution >= 0.6 is 11.7 Å². The molecule has 92 valence electrons. The Morgan fingerprint density at radius 3 is 3.11 bits per heavy atom. The highest BCUT2D eigenvalue weighted by atomic mass is 32.1. The van der Waals surface area contributed by atoms with Crippen LogP contribution in [-0.4, -0.2) is 27.3 Å². The predicted molar refractivity (Wildman–Crippen MR) is 68.1 cm³/mol. The van der Waals surface area contributed by atoms with Crippen molar-refractivity contribution in [3.05, 3.63) is 36.2 Å². The number of hydrogen-bond acceptors (Lipinski definition) is 5. The molecule has 5 nitrogen and oxygen atoms in total. The molecule has 0 aliphatic carbocycles. The lowest BCUT2D eigenvalue weighted by atomic mass is 10.1. The van der Waals surface area contributed by atoms with Crippen LogP contribution < -0.4 is 9.64 Å². The molecular weight excluding hydrogens is 250 g/mol. The van der Waals surface area contributed by atoms with Crippen molar-refractivity contribution in [3.63, 3.8) is 0 Å². The van der Waals surface area contributed by atoms with Crippen molar-refractivity contribution in [2.45, 2.75) is 13.0 Å². The van der Waals surface area contributed by atoms with E-state index in [9.17, 15) is 4.79 Å². The summed E-state index contributed by atoms with van der Waals surface area (Å²) in [7, 11) is 0. The molecule has 1 aliphatic heterocycles. The number of anilines is 1. The highest BCUT2D eigenvalue weighted by Crippen LogP contribution is 2.34. The fourth-order valence-electron chi connectivity index (χ4n) is 1.99. The highest BCUT2D eigenvalue weighted by Gasteiger charge is 2.30. The van der Waals surface area contributed by atoms with Crippen molar-refractivity contribution < 1.29 is 9.53 Å². The maximum atomic E-state index is 12.4. The zero-order chi connectivity index (χ0) is 12.5. The van der Waals surface area contributed by atoms with Gasteiger partial charge in [0.1, 0.15) is 12.4 Å². The lowest BCUT2D eigenvalue weighted by molar-refractivity contribution is 0.0957. The van der Waals surface area contributed by atoms with Gasteiger partial charge in [0.2, 0.25) is 0 Å². The summed E-state index contributed by atoms with van der Waals surface area (Å²) in [5.74, 6) is 0.596. The first kappa shape index (κ1) is 11.2. The van der Waals surface area contributed by atoms with E-state index in [0.29, 0.717) is 12.3 Å². The second-order valence-electron chi connectivity index (χ2n) is 4.10. The molecule has 0 saturated heterocycles. The zero-order valence-corrected chi connectivity index (χ0v) is 10.6. The Kier molecular flexibility index (Phi) is 2.71. The van der Waals surface area contributed by atoms with Crippen molar-refractivity contribution in [2.24, 2.45) is 0 Å². The lowest BCUT2D eigenvalue weighted by Gasteiger charge is -2.34. The molecule has 6 heteroatoms. The normalized spacial score (nSPS) is 18.1. The third kappa shape index (κ3) is 1.74. The minimum absolute atomic E-state index is 0.0194. The Morgan fingerprint density at radius 1 is 1.50 bits per heavy atom. The molecule has 1 aliphatic rings. The number of fused-ring (bicyclic) bond motifs is 1. The quantitative estimate of drug-likeness (QED) is 0.787. The first-order valence-corrected chi connectivity index (χ1v) is 6.33. The van der Waals surface area contributed by atoms with Crippen LogP contribution in [0.5, 0.6) is 5.75 Å². The molecule has 0 bridgehead atoms. The van der Waals surface area contributed by atoms with Gasteiger partial charge in [0.05, 0.1) is 29.7 Å². The third-order valence-electron chi connectivity index (χ3n) is 2.84. The van der Waals surface area contributed by atoms with Crippen molar-refractivity contribution in [1.29, 1.82) is 0 Å². The molecule has 0 saturated carbocycles. The monoisotopic (exact) mass is 261 g/mol. The Labute approximate surface area is 108 Å². The topological polar surface area (TPSA) is 55.3 Å². The number of para-hydroxylation sites is 2. The molecule has 1 atom stereocenters. The number of carbonyl (C=O) groups is 1. The standard InChI is InChI=1S/C12H11N3O2S/c1-8-7-17-11-5-3-2-4-10(11)15(8)12(16)9-6-13-18-14-9/h2-6,8H,7H2,1H3. The number of carbonyl (C=O) groups excluding carboxylic acids is 1. The molecule has 2 heterocycles. The summed E-state index contributed by atoms with van der Waals surface area (Å²) in [5.41, 5.74) is 1.16. The summed E-state index contributed by atoms with van der Waals surface area (Å²) in [6, 6.07) is 7.50. The predicted octanol–water partition coefficient (Wildman–Crippen LogP) is 1.97. The van der Waals surface area contributed by atoms with Gasteiger partial charge in [0, 0.05) is 0 Å². The van der Waals surface area contributed by atoms with Gasteiger partial charge in [-0.3, -0.25) is 9.69 Å². The maximum Gasteiger partial charge on any atom is 0.280 e. The minimum atomic E-state index is -0.132. The van der Waals surface area contributed by atoms with E-state index >= 15 is 0 Å². The molecule has 3 rings (SSSR count). The fraction of sp³-hybridized carbons (Fsp3) is 0.250. The van der Waals surface area contributed by atoms with Crippen LogP contribution in [0.25, 0.3) is 0 Å². The molecule has 1 aromatic carbocycles. The van der Waals surface area contributed by atoms with Gasteiger partial charge >= 0.3 is 0 Å². The first-order valence-electron chi connectivity index (χ1n) is 5.60. The van der Waals surface area contributed by atoms with Gasteiger partial charge in [-0.25, -0.2) is 0 Å². The second-order valence-corrected chi connectivity index (χ2v) is 4.65. The van der Waals surface area contributed by atoms with Gasteiger partial charge in [-0.2, -0.15) is 8.75 Å². The second kappa shape index (κ2) is 4.38. The van der Waals surface area contributed by atoms with Crippen LogP contribution in [0.4, 0.5) is 5.69 Å². The number of benzene rings is 1. The van der Waals surface area contributed by atoms with E-state index in [1.54, 1.807) is 4.90 Å². The van der Waals surface area contributed by atoms with E-state index in [1.807, 2.05) is 31.2 Å². The molecule has 0 fully saturated rings. The van der Waals surface area contributed by atoms with E-state index in [0.717, 1.165) is 23.2 Å². The molecule has 0 N–H and O–H groups in total. The summed E-state index contributed by atoms with van der Waals surface area (Å²) in [5, 5.41) is 0. The van der Waals surface area contributed by atoms with Gasteiger partial charge in [0.25, 0.3) is 5.91 Å². The first-order chi connectivity index (χ1) is 8.77. The minimum Gasteiger partial charge on any atom is -0.489 e. The van der Waals surface area contributed by atoms with Crippen LogP contribution in [-0.2, 0) is 0 Å². The van der Waals surface area contributed by atoms with E-state index < -0.39 is 0 Å². The average molecular weight is 261 g/mol. The summed E-state index contributed by atoms with van der Waals surface area (Å²) < 4.78 is 13.5. The Balaban J connectivity index is 2.03. The van der Waals surface area contributed by atoms with E-state index in [-0.39, 0.29) is 11.9 Å². The number of rotatable bonds is 1. The van der Waals surface area contributed by atoms with Crippen LogP contribution in [0.1, 0.15) is 17.4 Å². The van der Waals surface area contributed by atoms with E-state index in [4.69, 9.17) is 4.74 Å². The number of amides is 1. The van der Waals surface area contributed by atoms with Gasteiger partial charge in [0.15, 0.2) is 5.69 Å². The molecule has 18 heavy (non-hydrogen) atoms. The Morgan fingerprint density at radius 2 is 2.33 bits per heavy atom. The molecule has 2 aromatic rings. The molecule has 1 unspecified atom stereocenters. The van der Waals surface area contributed by atoms with Gasteiger partial charge < -0.3 is 4.74 Å². The average Bonchev–Trinajstić information content (AvgIpc) is 2.92. The number of aromatic nitrogens is 2. The highest BCUT2D eigenvalue weighted by molar-refractivity contribution is 6.99. The van der Waals surface area contributed by atoms with Crippen LogP contribution in [0.2, 0.25) is 0 Å². The van der Waals surface area contributed by atoms with Crippen molar-refractivity contribution in [2.75, 3.05) is 11.5 Å². The van der Waals surface area contributed by atoms with Gasteiger partial charge in [-0.05, 0) is 19.1 Å². The zero-order valence-electron chi connectivity index (χ0n) is 9.74. The lowest BCUT2D eigenvalue weighted by Crippen LogP contribution is -2.45. The van der Waals surface area contributed by atoms with Crippen LogP contribution in [0, 0.1) is 0 Å². The van der Waals surface area contributed by atoms with Crippen molar-refractivity contribution in [1.82, 2.24) is 8.75 Å². The largest absolute Gasteiger partial charge is 0.489 e. The number of hydrogen-bond donors (Lipinski definition) is 0. The van der Waals surface area contributed by atoms with E-state index in [1.165, 1.54) is 6.20 Å². The van der Waals surface area contributed by atoms with Gasteiger partial charge in [-0.15, -0.1) is 0 Å². The molecule has 1 amide bonds.